The Hall–Kier alpha value is -4.03. The highest BCUT2D eigenvalue weighted by atomic mass is 28.3. The van der Waals surface area contributed by atoms with Crippen molar-refractivity contribution in [3.05, 3.63) is 59.4 Å². The summed E-state index contributed by atoms with van der Waals surface area (Å²) in [6.07, 6.45) is 6.06. The molecule has 0 spiro atoms. The van der Waals surface area contributed by atoms with E-state index >= 15 is 0 Å². The summed E-state index contributed by atoms with van der Waals surface area (Å²) in [6.45, 7) is 14.9. The fourth-order valence-electron chi connectivity index (χ4n) is 6.24. The normalized spacial score (nSPS) is 16.0. The molecule has 3 aromatic heterocycles. The molecular formula is C34H45N7O4Si. The first-order valence-corrected chi connectivity index (χ1v) is 19.9. The standard InChI is InChI=1S/C34H45N7O4Si/c1-34(2)10-8-27-26(18-34)31(38-21-37-27)40-12-13-45-29-7-6-23(16-25(29)20-40)24-17-28-32(36-19-24)41(22-44-14-15-46(3,4)5)30(39-28)9-11-35-33(42)43/h6-7,16-17,19,21,35H,8-15,18,20,22H2,1-5H3,(H,42,43). The summed E-state index contributed by atoms with van der Waals surface area (Å²) in [5, 5.41) is 11.5. The summed E-state index contributed by atoms with van der Waals surface area (Å²) in [6, 6.07) is 9.41. The van der Waals surface area contributed by atoms with Crippen molar-refractivity contribution in [1.29, 1.82) is 0 Å². The molecule has 1 amide bonds. The van der Waals surface area contributed by atoms with Gasteiger partial charge in [0.1, 0.15) is 42.6 Å². The maximum absolute atomic E-state index is 11.1. The van der Waals surface area contributed by atoms with E-state index in [0.29, 0.717) is 32.9 Å². The number of nitrogens with one attached hydrogen (secondary N) is 1. The van der Waals surface area contributed by atoms with Gasteiger partial charge in [-0.25, -0.2) is 24.7 Å². The summed E-state index contributed by atoms with van der Waals surface area (Å²) in [4.78, 5) is 32.5. The Bertz CT molecular complexity index is 1730. The van der Waals surface area contributed by atoms with E-state index < -0.39 is 14.2 Å². The van der Waals surface area contributed by atoms with Crippen molar-refractivity contribution in [2.24, 2.45) is 5.41 Å². The lowest BCUT2D eigenvalue weighted by molar-refractivity contribution is 0.0875. The Morgan fingerprint density at radius 1 is 1.15 bits per heavy atom. The number of aromatic nitrogens is 5. The smallest absolute Gasteiger partial charge is 0.404 e. The van der Waals surface area contributed by atoms with Crippen LogP contribution in [0.3, 0.4) is 0 Å². The summed E-state index contributed by atoms with van der Waals surface area (Å²) in [5.41, 5.74) is 7.21. The number of carboxylic acid groups (broad SMARTS) is 1. The molecule has 0 bridgehead atoms. The van der Waals surface area contributed by atoms with Crippen molar-refractivity contribution < 1.29 is 19.4 Å². The molecule has 2 aliphatic rings. The van der Waals surface area contributed by atoms with Crippen LogP contribution in [-0.4, -0.2) is 70.1 Å². The summed E-state index contributed by atoms with van der Waals surface area (Å²) >= 11 is 0. The average Bonchev–Trinajstić information content (AvgIpc) is 3.19. The van der Waals surface area contributed by atoms with E-state index in [-0.39, 0.29) is 12.0 Å². The van der Waals surface area contributed by atoms with Gasteiger partial charge in [-0.1, -0.05) is 39.6 Å². The molecule has 12 heteroatoms. The first-order chi connectivity index (χ1) is 22.0. The van der Waals surface area contributed by atoms with Crippen LogP contribution in [-0.2, 0) is 37.3 Å². The van der Waals surface area contributed by atoms with Gasteiger partial charge in [0, 0.05) is 62.8 Å². The Labute approximate surface area is 271 Å². The zero-order valence-electron chi connectivity index (χ0n) is 27.6. The number of hydrogen-bond donors (Lipinski definition) is 2. The zero-order chi connectivity index (χ0) is 32.5. The molecule has 4 aromatic rings. The van der Waals surface area contributed by atoms with E-state index in [1.165, 1.54) is 11.3 Å². The minimum absolute atomic E-state index is 0.227. The molecular weight excluding hydrogens is 599 g/mol. The van der Waals surface area contributed by atoms with Gasteiger partial charge in [0.05, 0.1) is 6.54 Å². The molecule has 0 atom stereocenters. The Morgan fingerprint density at radius 2 is 2.00 bits per heavy atom. The Kier molecular flexibility index (Phi) is 9.02. The van der Waals surface area contributed by atoms with Crippen LogP contribution >= 0.6 is 0 Å². The molecule has 1 aliphatic carbocycles. The number of amides is 1. The van der Waals surface area contributed by atoms with Crippen molar-refractivity contribution in [2.45, 2.75) is 78.5 Å². The molecule has 6 rings (SSSR count). The molecule has 4 heterocycles. The maximum Gasteiger partial charge on any atom is 0.404 e. The monoisotopic (exact) mass is 643 g/mol. The van der Waals surface area contributed by atoms with E-state index in [9.17, 15) is 4.79 Å². The minimum Gasteiger partial charge on any atom is -0.491 e. The van der Waals surface area contributed by atoms with Crippen LogP contribution in [0.25, 0.3) is 22.3 Å². The molecule has 244 valence electrons. The second-order valence-corrected chi connectivity index (χ2v) is 20.0. The van der Waals surface area contributed by atoms with Crippen molar-refractivity contribution in [3.8, 4) is 16.9 Å². The van der Waals surface area contributed by atoms with Gasteiger partial charge in [0.15, 0.2) is 5.65 Å². The number of hydrogen-bond acceptors (Lipinski definition) is 8. The number of anilines is 1. The minimum atomic E-state index is -1.23. The number of nitrogens with zero attached hydrogens (tertiary/aromatic N) is 6. The zero-order valence-corrected chi connectivity index (χ0v) is 28.6. The molecule has 1 aromatic carbocycles. The van der Waals surface area contributed by atoms with Gasteiger partial charge in [-0.05, 0) is 54.5 Å². The second-order valence-electron chi connectivity index (χ2n) is 14.4. The number of imidazole rings is 1. The quantitative estimate of drug-likeness (QED) is 0.160. The van der Waals surface area contributed by atoms with Crippen molar-refractivity contribution in [1.82, 2.24) is 29.8 Å². The highest BCUT2D eigenvalue weighted by Gasteiger charge is 2.31. The van der Waals surface area contributed by atoms with Crippen molar-refractivity contribution >= 4 is 31.1 Å². The largest absolute Gasteiger partial charge is 0.491 e. The lowest BCUT2D eigenvalue weighted by atomic mass is 9.76. The molecule has 46 heavy (non-hydrogen) atoms. The maximum atomic E-state index is 11.1. The summed E-state index contributed by atoms with van der Waals surface area (Å²) in [7, 11) is -1.23. The molecule has 11 nitrogen and oxygen atoms in total. The number of rotatable bonds is 10. The highest BCUT2D eigenvalue weighted by molar-refractivity contribution is 6.76. The molecule has 0 unspecified atom stereocenters. The first kappa shape index (κ1) is 31.9. The molecule has 0 saturated heterocycles. The van der Waals surface area contributed by atoms with E-state index in [1.54, 1.807) is 6.33 Å². The Morgan fingerprint density at radius 3 is 2.80 bits per heavy atom. The van der Waals surface area contributed by atoms with E-state index in [2.05, 4.69) is 66.9 Å². The third-order valence-electron chi connectivity index (χ3n) is 8.88. The van der Waals surface area contributed by atoms with Crippen LogP contribution in [0.5, 0.6) is 5.75 Å². The fraction of sp³-hybridized carbons (Fsp3) is 0.500. The van der Waals surface area contributed by atoms with Crippen molar-refractivity contribution in [2.75, 3.05) is 31.2 Å². The predicted molar refractivity (Wildman–Crippen MR) is 181 cm³/mol. The topological polar surface area (TPSA) is 128 Å². The van der Waals surface area contributed by atoms with E-state index in [0.717, 1.165) is 77.1 Å². The first-order valence-electron chi connectivity index (χ1n) is 16.2. The van der Waals surface area contributed by atoms with Gasteiger partial charge in [-0.2, -0.15) is 0 Å². The van der Waals surface area contributed by atoms with E-state index in [4.69, 9.17) is 29.5 Å². The molecule has 0 saturated carbocycles. The van der Waals surface area contributed by atoms with Gasteiger partial charge in [-0.15, -0.1) is 0 Å². The molecule has 0 fully saturated rings. The number of carbonyl (C=O) groups is 1. The highest BCUT2D eigenvalue weighted by Crippen LogP contribution is 2.39. The third kappa shape index (κ3) is 7.33. The van der Waals surface area contributed by atoms with Crippen LogP contribution in [0.15, 0.2) is 36.8 Å². The molecule has 1 aliphatic heterocycles. The van der Waals surface area contributed by atoms with Crippen LogP contribution in [0, 0.1) is 5.41 Å². The van der Waals surface area contributed by atoms with Crippen molar-refractivity contribution in [3.63, 3.8) is 0 Å². The number of aryl methyl sites for hydroxylation is 1. The van der Waals surface area contributed by atoms with Crippen LogP contribution in [0.4, 0.5) is 10.6 Å². The summed E-state index contributed by atoms with van der Waals surface area (Å²) in [5.74, 6) is 2.64. The van der Waals surface area contributed by atoms with E-state index in [1.807, 2.05) is 16.8 Å². The molecule has 0 radical (unpaired) electrons. The van der Waals surface area contributed by atoms with Gasteiger partial charge >= 0.3 is 6.09 Å². The fourth-order valence-corrected chi connectivity index (χ4v) is 7.00. The average molecular weight is 644 g/mol. The second kappa shape index (κ2) is 13.0. The lowest BCUT2D eigenvalue weighted by Crippen LogP contribution is -2.31. The Balaban J connectivity index is 1.27. The van der Waals surface area contributed by atoms with Crippen LogP contribution in [0.1, 0.15) is 42.9 Å². The van der Waals surface area contributed by atoms with Gasteiger partial charge in [0.2, 0.25) is 0 Å². The number of benzene rings is 1. The SMILES string of the molecule is CC1(C)CCc2ncnc(N3CCOc4ccc(-c5cnc6c(c5)nc(CCNC(=O)O)n6COCC[Si](C)(C)C)cc4C3)c2C1. The molecule has 2 N–H and O–H groups in total. The predicted octanol–water partition coefficient (Wildman–Crippen LogP) is 5.92. The number of pyridine rings is 1. The number of fused-ring (bicyclic) bond motifs is 3. The third-order valence-corrected chi connectivity index (χ3v) is 10.6. The van der Waals surface area contributed by atoms with Gasteiger partial charge in [-0.3, -0.25) is 4.57 Å². The summed E-state index contributed by atoms with van der Waals surface area (Å²) < 4.78 is 14.2. The lowest BCUT2D eigenvalue weighted by Gasteiger charge is -2.33. The van der Waals surface area contributed by atoms with Gasteiger partial charge < -0.3 is 24.8 Å². The number of ether oxygens (including phenoxy) is 2. The van der Waals surface area contributed by atoms with Crippen LogP contribution in [0.2, 0.25) is 25.7 Å². The van der Waals surface area contributed by atoms with Gasteiger partial charge in [0.25, 0.3) is 0 Å². The van der Waals surface area contributed by atoms with Crippen LogP contribution < -0.4 is 15.0 Å².